The summed E-state index contributed by atoms with van der Waals surface area (Å²) in [5.74, 6) is 0. The van der Waals surface area contributed by atoms with E-state index in [1.807, 2.05) is 6.92 Å². The Bertz CT molecular complexity index is 73.7. The van der Waals surface area contributed by atoms with Gasteiger partial charge in [0.15, 0.2) is 0 Å². The van der Waals surface area contributed by atoms with E-state index in [1.54, 1.807) is 0 Å². The lowest BCUT2D eigenvalue weighted by Crippen LogP contribution is -2.24. The van der Waals surface area contributed by atoms with Crippen LogP contribution in [-0.2, 0) is 0 Å². The number of unbranched alkanes of at least 4 members (excludes halogenated alkanes) is 1. The molecule has 0 rings (SSSR count). The van der Waals surface area contributed by atoms with E-state index in [2.05, 4.69) is 6.92 Å². The Morgan fingerprint density at radius 2 is 1.70 bits per heavy atom. The van der Waals surface area contributed by atoms with Crippen LogP contribution >= 0.6 is 0 Å². The molecular weight excluding hydrogens is 128 g/mol. The minimum Gasteiger partial charge on any atom is -0.390 e. The van der Waals surface area contributed by atoms with Crippen LogP contribution in [0.4, 0.5) is 0 Å². The van der Waals surface area contributed by atoms with Gasteiger partial charge in [-0.25, -0.2) is 0 Å². The fourth-order valence-electron chi connectivity index (χ4n) is 0.878. The molecule has 0 spiro atoms. The van der Waals surface area contributed by atoms with Gasteiger partial charge in [0, 0.05) is 0 Å². The van der Waals surface area contributed by atoms with Crippen LogP contribution in [0.3, 0.4) is 0 Å². The summed E-state index contributed by atoms with van der Waals surface area (Å²) < 4.78 is 0. The standard InChI is InChI=1S/C8H18O2/c1-3-5-6-8(10)7(9)4-2/h7-10H,3-6H2,1-2H3/t7-,8-/m1/s1. The zero-order valence-corrected chi connectivity index (χ0v) is 6.88. The van der Waals surface area contributed by atoms with Gasteiger partial charge < -0.3 is 10.2 Å². The highest BCUT2D eigenvalue weighted by Gasteiger charge is 2.12. The van der Waals surface area contributed by atoms with Gasteiger partial charge in [-0.3, -0.25) is 0 Å². The molecule has 2 heteroatoms. The van der Waals surface area contributed by atoms with Gasteiger partial charge in [0.2, 0.25) is 0 Å². The molecule has 0 aromatic heterocycles. The molecule has 0 bridgehead atoms. The third-order valence-corrected chi connectivity index (χ3v) is 1.72. The molecule has 0 aliphatic rings. The first-order chi connectivity index (χ1) is 4.72. The molecule has 2 nitrogen and oxygen atoms in total. The van der Waals surface area contributed by atoms with Crippen molar-refractivity contribution < 1.29 is 10.2 Å². The molecule has 0 aromatic rings. The van der Waals surface area contributed by atoms with E-state index in [4.69, 9.17) is 5.11 Å². The topological polar surface area (TPSA) is 40.5 Å². The molecule has 0 aliphatic carbocycles. The monoisotopic (exact) mass is 146 g/mol. The van der Waals surface area contributed by atoms with Gasteiger partial charge in [0.25, 0.3) is 0 Å². The Morgan fingerprint density at radius 3 is 2.10 bits per heavy atom. The maximum atomic E-state index is 9.20. The second-order valence-corrected chi connectivity index (χ2v) is 2.69. The Balaban J connectivity index is 3.31. The third-order valence-electron chi connectivity index (χ3n) is 1.72. The van der Waals surface area contributed by atoms with Crippen molar-refractivity contribution in [3.63, 3.8) is 0 Å². The van der Waals surface area contributed by atoms with Crippen molar-refractivity contribution >= 4 is 0 Å². The summed E-state index contributed by atoms with van der Waals surface area (Å²) >= 11 is 0. The molecule has 0 amide bonds. The molecule has 0 fully saturated rings. The van der Waals surface area contributed by atoms with Crippen molar-refractivity contribution in [3.8, 4) is 0 Å². The highest BCUT2D eigenvalue weighted by atomic mass is 16.3. The highest BCUT2D eigenvalue weighted by molar-refractivity contribution is 4.64. The number of hydrogen-bond donors (Lipinski definition) is 2. The maximum absolute atomic E-state index is 9.20. The lowest BCUT2D eigenvalue weighted by atomic mass is 10.1. The summed E-state index contributed by atoms with van der Waals surface area (Å²) in [5.41, 5.74) is 0. The molecule has 2 atom stereocenters. The van der Waals surface area contributed by atoms with E-state index in [0.29, 0.717) is 6.42 Å². The Morgan fingerprint density at radius 1 is 1.10 bits per heavy atom. The average Bonchev–Trinajstić information content (AvgIpc) is 1.98. The van der Waals surface area contributed by atoms with E-state index in [-0.39, 0.29) is 0 Å². The minimum atomic E-state index is -0.522. The van der Waals surface area contributed by atoms with E-state index >= 15 is 0 Å². The molecule has 0 radical (unpaired) electrons. The Hall–Kier alpha value is -0.0800. The molecule has 2 N–H and O–H groups in total. The SMILES string of the molecule is CCCC[C@@H](O)[C@H](O)CC. The van der Waals surface area contributed by atoms with E-state index < -0.39 is 12.2 Å². The Kier molecular flexibility index (Phi) is 5.64. The smallest absolute Gasteiger partial charge is 0.0799 e. The van der Waals surface area contributed by atoms with Crippen molar-refractivity contribution in [3.05, 3.63) is 0 Å². The number of hydrogen-bond acceptors (Lipinski definition) is 2. The van der Waals surface area contributed by atoms with Crippen molar-refractivity contribution in [2.45, 2.75) is 51.7 Å². The second-order valence-electron chi connectivity index (χ2n) is 2.69. The molecular formula is C8H18O2. The number of rotatable bonds is 5. The molecule has 10 heavy (non-hydrogen) atoms. The summed E-state index contributed by atoms with van der Waals surface area (Å²) in [4.78, 5) is 0. The van der Waals surface area contributed by atoms with Crippen molar-refractivity contribution in [1.29, 1.82) is 0 Å². The molecule has 0 saturated heterocycles. The van der Waals surface area contributed by atoms with Crippen molar-refractivity contribution in [2.75, 3.05) is 0 Å². The lowest BCUT2D eigenvalue weighted by Gasteiger charge is -2.14. The first-order valence-corrected chi connectivity index (χ1v) is 4.08. The van der Waals surface area contributed by atoms with Crippen molar-refractivity contribution in [1.82, 2.24) is 0 Å². The fraction of sp³-hybridized carbons (Fsp3) is 1.00. The summed E-state index contributed by atoms with van der Waals surface area (Å²) in [6, 6.07) is 0. The van der Waals surface area contributed by atoms with Gasteiger partial charge in [-0.1, -0.05) is 26.7 Å². The van der Waals surface area contributed by atoms with Crippen LogP contribution in [0.2, 0.25) is 0 Å². The van der Waals surface area contributed by atoms with Crippen LogP contribution in [0.5, 0.6) is 0 Å². The molecule has 0 aliphatic heterocycles. The van der Waals surface area contributed by atoms with Gasteiger partial charge in [-0.2, -0.15) is 0 Å². The number of aliphatic hydroxyl groups is 2. The molecule has 0 unspecified atom stereocenters. The largest absolute Gasteiger partial charge is 0.390 e. The van der Waals surface area contributed by atoms with E-state index in [9.17, 15) is 5.11 Å². The van der Waals surface area contributed by atoms with Gasteiger partial charge in [0.05, 0.1) is 12.2 Å². The average molecular weight is 146 g/mol. The van der Waals surface area contributed by atoms with Crippen molar-refractivity contribution in [2.24, 2.45) is 0 Å². The molecule has 0 saturated carbocycles. The second kappa shape index (κ2) is 5.69. The van der Waals surface area contributed by atoms with Gasteiger partial charge in [-0.15, -0.1) is 0 Å². The molecule has 62 valence electrons. The maximum Gasteiger partial charge on any atom is 0.0799 e. The zero-order chi connectivity index (χ0) is 7.98. The lowest BCUT2D eigenvalue weighted by molar-refractivity contribution is 0.0116. The van der Waals surface area contributed by atoms with Crippen LogP contribution in [-0.4, -0.2) is 22.4 Å². The normalized spacial score (nSPS) is 16.8. The summed E-state index contributed by atoms with van der Waals surface area (Å²) in [5, 5.41) is 18.3. The summed E-state index contributed by atoms with van der Waals surface area (Å²) in [6.07, 6.45) is 2.42. The van der Waals surface area contributed by atoms with Gasteiger partial charge >= 0.3 is 0 Å². The van der Waals surface area contributed by atoms with Crippen LogP contribution in [0.1, 0.15) is 39.5 Å². The zero-order valence-electron chi connectivity index (χ0n) is 6.88. The predicted octanol–water partition coefficient (Wildman–Crippen LogP) is 1.31. The first kappa shape index (κ1) is 9.92. The quantitative estimate of drug-likeness (QED) is 0.614. The molecule has 0 aromatic carbocycles. The van der Waals surface area contributed by atoms with Gasteiger partial charge in [0.1, 0.15) is 0 Å². The van der Waals surface area contributed by atoms with Crippen LogP contribution in [0, 0.1) is 0 Å². The number of aliphatic hydroxyl groups excluding tert-OH is 2. The van der Waals surface area contributed by atoms with Crippen LogP contribution in [0.15, 0.2) is 0 Å². The summed E-state index contributed by atoms with van der Waals surface area (Å²) in [7, 11) is 0. The van der Waals surface area contributed by atoms with E-state index in [1.165, 1.54) is 0 Å². The highest BCUT2D eigenvalue weighted by Crippen LogP contribution is 2.06. The molecule has 0 heterocycles. The van der Waals surface area contributed by atoms with Crippen LogP contribution in [0.25, 0.3) is 0 Å². The minimum absolute atomic E-state index is 0.509. The third kappa shape index (κ3) is 3.85. The summed E-state index contributed by atoms with van der Waals surface area (Å²) in [6.45, 7) is 3.95. The van der Waals surface area contributed by atoms with Crippen LogP contribution < -0.4 is 0 Å². The first-order valence-electron chi connectivity index (χ1n) is 4.08. The van der Waals surface area contributed by atoms with E-state index in [0.717, 1.165) is 19.3 Å². The Labute approximate surface area is 62.9 Å². The predicted molar refractivity (Wildman–Crippen MR) is 41.8 cm³/mol. The fourth-order valence-corrected chi connectivity index (χ4v) is 0.878. The van der Waals surface area contributed by atoms with Gasteiger partial charge in [-0.05, 0) is 12.8 Å².